The largest absolute Gasteiger partial charge is 0.309 e. The van der Waals surface area contributed by atoms with Gasteiger partial charge in [-0.25, -0.2) is 8.78 Å². The van der Waals surface area contributed by atoms with Crippen molar-refractivity contribution in [1.29, 1.82) is 5.26 Å². The number of hydrogen-bond donors (Lipinski definition) is 0. The number of halogens is 3. The molecule has 0 aliphatic heterocycles. The first-order valence-electron chi connectivity index (χ1n) is 3.93. The van der Waals surface area contributed by atoms with E-state index in [4.69, 9.17) is 5.26 Å². The maximum absolute atomic E-state index is 12.5. The number of nitrogens with zero attached hydrogens (tertiary/aromatic N) is 3. The Morgan fingerprint density at radius 1 is 1.69 bits per heavy atom. The third-order valence-electron chi connectivity index (χ3n) is 1.81. The Morgan fingerprint density at radius 2 is 2.31 bits per heavy atom. The lowest BCUT2D eigenvalue weighted by molar-refractivity contribution is -0.386. The Hall–Kier alpha value is -1.62. The predicted octanol–water partition coefficient (Wildman–Crippen LogP) is 2.69. The fraction of sp³-hybridized carbons (Fsp3) is 0.250. The van der Waals surface area contributed by atoms with E-state index in [-0.39, 0.29) is 11.0 Å². The standard InChI is InChI=1S/C8H4BrF2N3O2/c9-1-6-7(14(15)16)4(2-12)5(3-13-6)8(10)11/h3,8H,1H2. The Kier molecular flexibility index (Phi) is 3.84. The van der Waals surface area contributed by atoms with E-state index in [1.54, 1.807) is 0 Å². The van der Waals surface area contributed by atoms with Crippen molar-refractivity contribution in [2.24, 2.45) is 0 Å². The van der Waals surface area contributed by atoms with Crippen molar-refractivity contribution < 1.29 is 13.7 Å². The van der Waals surface area contributed by atoms with E-state index in [1.165, 1.54) is 6.07 Å². The third-order valence-corrected chi connectivity index (χ3v) is 2.35. The van der Waals surface area contributed by atoms with Crippen molar-refractivity contribution in [3.8, 4) is 6.07 Å². The minimum atomic E-state index is -2.97. The van der Waals surface area contributed by atoms with Crippen LogP contribution in [0.2, 0.25) is 0 Å². The normalized spacial score (nSPS) is 10.2. The summed E-state index contributed by atoms with van der Waals surface area (Å²) in [5.74, 6) is 0. The van der Waals surface area contributed by atoms with E-state index in [0.717, 1.165) is 6.20 Å². The summed E-state index contributed by atoms with van der Waals surface area (Å²) < 4.78 is 24.9. The lowest BCUT2D eigenvalue weighted by atomic mass is 10.1. The topological polar surface area (TPSA) is 79.8 Å². The minimum absolute atomic E-state index is 0.0154. The number of rotatable bonds is 3. The molecule has 0 N–H and O–H groups in total. The van der Waals surface area contributed by atoms with Crippen LogP contribution in [-0.4, -0.2) is 9.91 Å². The second-order valence-corrected chi connectivity index (χ2v) is 3.25. The quantitative estimate of drug-likeness (QED) is 0.487. The number of nitriles is 1. The number of alkyl halides is 3. The molecule has 5 nitrogen and oxygen atoms in total. The van der Waals surface area contributed by atoms with Crippen LogP contribution in [0.25, 0.3) is 0 Å². The maximum atomic E-state index is 12.5. The van der Waals surface area contributed by atoms with Crippen molar-refractivity contribution in [2.75, 3.05) is 0 Å². The summed E-state index contributed by atoms with van der Waals surface area (Å²) in [6, 6.07) is 1.42. The molecule has 0 saturated carbocycles. The first-order valence-corrected chi connectivity index (χ1v) is 5.05. The van der Waals surface area contributed by atoms with Crippen LogP contribution in [0.15, 0.2) is 6.20 Å². The summed E-state index contributed by atoms with van der Waals surface area (Å²) in [4.78, 5) is 13.3. The molecule has 0 amide bonds. The highest BCUT2D eigenvalue weighted by molar-refractivity contribution is 9.08. The van der Waals surface area contributed by atoms with Gasteiger partial charge < -0.3 is 0 Å². The van der Waals surface area contributed by atoms with Crippen LogP contribution in [0.3, 0.4) is 0 Å². The van der Waals surface area contributed by atoms with E-state index in [0.29, 0.717) is 0 Å². The molecule has 0 unspecified atom stereocenters. The summed E-state index contributed by atoms with van der Waals surface area (Å²) >= 11 is 2.94. The molecule has 0 bridgehead atoms. The van der Waals surface area contributed by atoms with E-state index < -0.39 is 28.2 Å². The third kappa shape index (κ3) is 2.14. The zero-order valence-electron chi connectivity index (χ0n) is 7.65. The number of aromatic nitrogens is 1. The molecule has 0 aromatic carbocycles. The van der Waals surface area contributed by atoms with Gasteiger partial charge in [0.15, 0.2) is 0 Å². The highest BCUT2D eigenvalue weighted by Gasteiger charge is 2.27. The molecule has 8 heteroatoms. The van der Waals surface area contributed by atoms with Gasteiger partial charge in [0.2, 0.25) is 0 Å². The maximum Gasteiger partial charge on any atom is 0.309 e. The second-order valence-electron chi connectivity index (χ2n) is 2.69. The molecule has 0 spiro atoms. The van der Waals surface area contributed by atoms with Gasteiger partial charge in [0.25, 0.3) is 6.43 Å². The van der Waals surface area contributed by atoms with Gasteiger partial charge in [-0.05, 0) is 0 Å². The minimum Gasteiger partial charge on any atom is -0.258 e. The summed E-state index contributed by atoms with van der Waals surface area (Å²) in [6.07, 6.45) is -2.18. The molecule has 84 valence electrons. The van der Waals surface area contributed by atoms with Crippen molar-refractivity contribution in [3.05, 3.63) is 33.1 Å². The zero-order chi connectivity index (χ0) is 12.3. The molecule has 0 atom stereocenters. The van der Waals surface area contributed by atoms with Gasteiger partial charge in [0, 0.05) is 6.20 Å². The number of nitro groups is 1. The van der Waals surface area contributed by atoms with Gasteiger partial charge in [-0.2, -0.15) is 5.26 Å². The fourth-order valence-corrected chi connectivity index (χ4v) is 1.54. The van der Waals surface area contributed by atoms with Crippen LogP contribution in [0.5, 0.6) is 0 Å². The van der Waals surface area contributed by atoms with E-state index in [9.17, 15) is 18.9 Å². The molecule has 0 saturated heterocycles. The van der Waals surface area contributed by atoms with Crippen LogP contribution < -0.4 is 0 Å². The smallest absolute Gasteiger partial charge is 0.258 e. The molecular formula is C8H4BrF2N3O2. The first-order chi connectivity index (χ1) is 7.52. The van der Waals surface area contributed by atoms with E-state index in [2.05, 4.69) is 20.9 Å². The summed E-state index contributed by atoms with van der Waals surface area (Å²) in [6.45, 7) is 0. The monoisotopic (exact) mass is 291 g/mol. The highest BCUT2D eigenvalue weighted by Crippen LogP contribution is 2.31. The molecule has 0 radical (unpaired) electrons. The average molecular weight is 292 g/mol. The molecule has 16 heavy (non-hydrogen) atoms. The lowest BCUT2D eigenvalue weighted by Crippen LogP contribution is -2.04. The van der Waals surface area contributed by atoms with Gasteiger partial charge in [0.1, 0.15) is 17.3 Å². The van der Waals surface area contributed by atoms with E-state index >= 15 is 0 Å². The summed E-state index contributed by atoms with van der Waals surface area (Å²) in [5.41, 5.74) is -2.08. The van der Waals surface area contributed by atoms with Crippen LogP contribution in [0.1, 0.15) is 23.2 Å². The lowest BCUT2D eigenvalue weighted by Gasteiger charge is -2.05. The van der Waals surface area contributed by atoms with Gasteiger partial charge in [-0.3, -0.25) is 15.1 Å². The zero-order valence-corrected chi connectivity index (χ0v) is 9.24. The van der Waals surface area contributed by atoms with Crippen LogP contribution in [0.4, 0.5) is 14.5 Å². The summed E-state index contributed by atoms with van der Waals surface area (Å²) in [7, 11) is 0. The van der Waals surface area contributed by atoms with Crippen molar-refractivity contribution in [3.63, 3.8) is 0 Å². The molecule has 0 aliphatic rings. The number of pyridine rings is 1. The van der Waals surface area contributed by atoms with Crippen LogP contribution in [-0.2, 0) is 5.33 Å². The molecular weight excluding hydrogens is 288 g/mol. The van der Waals surface area contributed by atoms with Gasteiger partial charge in [-0.15, -0.1) is 0 Å². The SMILES string of the molecule is N#Cc1c(C(F)F)cnc(CBr)c1[N+](=O)[O-]. The highest BCUT2D eigenvalue weighted by atomic mass is 79.9. The van der Waals surface area contributed by atoms with Crippen molar-refractivity contribution in [2.45, 2.75) is 11.8 Å². The number of hydrogen-bond acceptors (Lipinski definition) is 4. The van der Waals surface area contributed by atoms with Gasteiger partial charge >= 0.3 is 5.69 Å². The van der Waals surface area contributed by atoms with E-state index in [1.807, 2.05) is 0 Å². The second kappa shape index (κ2) is 4.94. The molecule has 1 rings (SSSR count). The van der Waals surface area contributed by atoms with Gasteiger partial charge in [-0.1, -0.05) is 15.9 Å². The summed E-state index contributed by atoms with van der Waals surface area (Å²) in [5, 5.41) is 19.4. The van der Waals surface area contributed by atoms with Crippen molar-refractivity contribution >= 4 is 21.6 Å². The molecule has 1 aromatic heterocycles. The Balaban J connectivity index is 3.58. The molecule has 0 aliphatic carbocycles. The predicted molar refractivity (Wildman–Crippen MR) is 53.2 cm³/mol. The Bertz CT molecular complexity index is 473. The average Bonchev–Trinajstić information content (AvgIpc) is 2.26. The molecule has 1 heterocycles. The Labute approximate surface area is 97.0 Å². The van der Waals surface area contributed by atoms with Crippen molar-refractivity contribution in [1.82, 2.24) is 4.98 Å². The fourth-order valence-electron chi connectivity index (χ4n) is 1.13. The van der Waals surface area contributed by atoms with Gasteiger partial charge in [0.05, 0.1) is 15.8 Å². The van der Waals surface area contributed by atoms with Crippen LogP contribution in [0, 0.1) is 21.4 Å². The first kappa shape index (κ1) is 12.4. The molecule has 0 fully saturated rings. The molecule has 1 aromatic rings. The Morgan fingerprint density at radius 3 is 2.69 bits per heavy atom. The van der Waals surface area contributed by atoms with Crippen LogP contribution >= 0.6 is 15.9 Å².